The number of aliphatic hydroxyl groups is 6. The van der Waals surface area contributed by atoms with E-state index in [0.29, 0.717) is 85.3 Å². The number of aryl methyl sites for hydroxylation is 2. The van der Waals surface area contributed by atoms with Gasteiger partial charge in [0.1, 0.15) is 73.7 Å². The molecule has 26 heteroatoms. The first-order chi connectivity index (χ1) is 66.1. The van der Waals surface area contributed by atoms with Crippen LogP contribution in [0.15, 0.2) is 304 Å². The van der Waals surface area contributed by atoms with Crippen molar-refractivity contribution in [3.8, 4) is 0 Å². The third-order valence-corrected chi connectivity index (χ3v) is 24.9. The molecule has 7 unspecified atom stereocenters. The minimum absolute atomic E-state index is 0.00824. The van der Waals surface area contributed by atoms with E-state index in [2.05, 4.69) is 24.9 Å². The molecule has 0 aliphatic heterocycles. The highest BCUT2D eigenvalue weighted by Gasteiger charge is 2.49. The molecule has 8 aromatic carbocycles. The predicted molar refractivity (Wildman–Crippen MR) is 508 cm³/mol. The Labute approximate surface area is 797 Å². The molecule has 0 bridgehead atoms. The molecule has 16 rings (SSSR count). The SMILES string of the molecule is Cc1ccc(C(C(=O)OCc2ncccn2)C2(O)CCCC2)cc1.Cc1cccc(COC(=O)C(C)(CO)c2ccc(F)cc2)c1.O=C(CC(O)Cc1ccccc1)OCc1ccccc1.O=C(CC1(O)CCCC1c1ccccc1)OCc1ccccn1.O=C(OCc1ccccn1)C(c1ccc(F)cc1)C1(O)CCCC1.O=C(OCc1cccnc1)C(c1ccc(F)cc1)C1(O)CCCC1. The molecule has 12 aromatic rings. The molecule has 6 N–H and O–H groups in total. The molecule has 4 aliphatic rings. The number of hydrogen-bond donors (Lipinski definition) is 6. The highest BCUT2D eigenvalue weighted by Crippen LogP contribution is 2.47. The topological polar surface area (TPSA) is 344 Å². The molecule has 4 fully saturated rings. The fourth-order valence-corrected chi connectivity index (χ4v) is 17.5. The molecule has 4 heterocycles. The molecule has 7 atom stereocenters. The standard InChI is InChI=1S/2C19H20FNO3.C19H22N2O3.C19H21NO3.C18H19FO3.C17H18O3/c20-15-8-6-14(7-9-15)17(19(23)10-2-3-11-19)18(22)24-13-16-5-1-4-12-21-16;20-16-7-5-15(6-8-16)17(19(23)9-1-2-10-19)18(22)24-13-14-4-3-11-21-12-14;1-14-5-7-15(8-6-14)17(19(23)9-2-3-10-19)18(22)24-13-16-20-11-4-12-21-16;21-18(23-14-16-9-4-5-12-20-16)13-19(22)11-6-10-17(19)15-7-2-1-3-8-15;1-13-4-3-5-14(10-13)11-22-17(21)18(2,12-20)15-6-8-16(19)9-7-15;18-16(11-14-7-3-1-4-8-14)12-17(19)20-13-15-9-5-2-6-10-15/h1,4-9,12,17,23H,2-3,10-11,13H2;3-8,11-12,17,23H,1-2,9-10,13H2;4-8,11-12,17,23H,2-3,9-10,13H2,1H3;1-5,7-9,12,17,22H,6,10-11,13-14H2;3-10,20H,11-12H2,1-2H3;1-10,16,18H,11-13H2. The third-order valence-electron chi connectivity index (χ3n) is 24.9. The molecular weight excluding hydrogens is 1750 g/mol. The van der Waals surface area contributed by atoms with E-state index in [1.165, 1.54) is 60.7 Å². The number of ether oxygens (including phenoxy) is 6. The van der Waals surface area contributed by atoms with Gasteiger partial charge in [-0.2, -0.15) is 0 Å². The number of aromatic nitrogens is 5. The van der Waals surface area contributed by atoms with Gasteiger partial charge in [0.2, 0.25) is 0 Å². The number of pyridine rings is 3. The number of carbonyl (C=O) groups is 6. The Hall–Kier alpha value is -13.3. The van der Waals surface area contributed by atoms with Crippen LogP contribution in [-0.4, -0.2) is 126 Å². The number of aliphatic hydroxyl groups excluding tert-OH is 2. The van der Waals surface area contributed by atoms with Crippen LogP contribution in [0.1, 0.15) is 218 Å². The van der Waals surface area contributed by atoms with E-state index in [0.717, 1.165) is 95.9 Å². The van der Waals surface area contributed by atoms with Crippen LogP contribution in [-0.2, 0) is 109 Å². The fraction of sp³-hybridized carbons (Fsp3) is 0.342. The summed E-state index contributed by atoms with van der Waals surface area (Å²) in [6.07, 6.45) is 20.7. The molecule has 0 saturated heterocycles. The van der Waals surface area contributed by atoms with Crippen LogP contribution in [0.4, 0.5) is 13.2 Å². The third kappa shape index (κ3) is 31.9. The summed E-state index contributed by atoms with van der Waals surface area (Å²) in [6.45, 7) is 5.81. The zero-order valence-corrected chi connectivity index (χ0v) is 77.4. The average molecular weight is 1870 g/mol. The van der Waals surface area contributed by atoms with Crippen molar-refractivity contribution in [3.63, 3.8) is 0 Å². The van der Waals surface area contributed by atoms with Crippen molar-refractivity contribution < 1.29 is 101 Å². The van der Waals surface area contributed by atoms with E-state index in [1.54, 1.807) is 80.5 Å². The van der Waals surface area contributed by atoms with E-state index in [1.807, 2.05) is 184 Å². The molecule has 0 amide bonds. The summed E-state index contributed by atoms with van der Waals surface area (Å²) in [5, 5.41) is 63.3. The first kappa shape index (κ1) is 104. The summed E-state index contributed by atoms with van der Waals surface area (Å²) in [5.74, 6) is -5.71. The van der Waals surface area contributed by atoms with Crippen LogP contribution in [0.3, 0.4) is 0 Å². The van der Waals surface area contributed by atoms with Crippen molar-refractivity contribution >= 4 is 35.8 Å². The highest BCUT2D eigenvalue weighted by molar-refractivity contribution is 5.83. The van der Waals surface area contributed by atoms with Crippen molar-refractivity contribution in [1.82, 2.24) is 24.9 Å². The predicted octanol–water partition coefficient (Wildman–Crippen LogP) is 18.7. The van der Waals surface area contributed by atoms with Gasteiger partial charge < -0.3 is 59.1 Å². The number of benzene rings is 8. The van der Waals surface area contributed by atoms with Gasteiger partial charge in [0.05, 0.1) is 59.3 Å². The van der Waals surface area contributed by atoms with Gasteiger partial charge in [-0.25, -0.2) is 23.1 Å². The smallest absolute Gasteiger partial charge is 0.318 e. The molecule has 4 aliphatic carbocycles. The molecule has 0 radical (unpaired) electrons. The number of nitrogens with zero attached hydrogens (tertiary/aromatic N) is 5. The quantitative estimate of drug-likeness (QED) is 0.0174. The van der Waals surface area contributed by atoms with Gasteiger partial charge in [-0.1, -0.05) is 244 Å². The van der Waals surface area contributed by atoms with Crippen molar-refractivity contribution in [2.45, 2.75) is 234 Å². The van der Waals surface area contributed by atoms with Gasteiger partial charge in [-0.3, -0.25) is 43.7 Å². The number of rotatable bonds is 31. The maximum atomic E-state index is 13.2. The van der Waals surface area contributed by atoms with E-state index in [9.17, 15) is 72.6 Å². The first-order valence-corrected chi connectivity index (χ1v) is 46.3. The second-order valence-electron chi connectivity index (χ2n) is 35.3. The van der Waals surface area contributed by atoms with E-state index >= 15 is 0 Å². The van der Waals surface area contributed by atoms with Crippen molar-refractivity contribution in [2.24, 2.45) is 0 Å². The minimum Gasteiger partial charge on any atom is -0.461 e. The molecular formula is C111H120F3N5O18. The van der Waals surface area contributed by atoms with Crippen molar-refractivity contribution in [3.05, 3.63) is 400 Å². The monoisotopic (exact) mass is 1870 g/mol. The van der Waals surface area contributed by atoms with Gasteiger partial charge >= 0.3 is 35.8 Å². The lowest BCUT2D eigenvalue weighted by Gasteiger charge is -2.31. The summed E-state index contributed by atoms with van der Waals surface area (Å²) in [6, 6.07) is 77.4. The number of halogens is 3. The molecule has 23 nitrogen and oxygen atoms in total. The fourth-order valence-electron chi connectivity index (χ4n) is 17.5. The Bertz CT molecular complexity index is 5390. The van der Waals surface area contributed by atoms with E-state index < -0.39 is 88.0 Å². The van der Waals surface area contributed by atoms with Gasteiger partial charge in [-0.15, -0.1) is 0 Å². The largest absolute Gasteiger partial charge is 0.461 e. The number of hydrogen-bond acceptors (Lipinski definition) is 23. The maximum Gasteiger partial charge on any atom is 0.318 e. The summed E-state index contributed by atoms with van der Waals surface area (Å²) in [7, 11) is 0. The highest BCUT2D eigenvalue weighted by atomic mass is 19.1. The Morgan fingerprint density at radius 2 is 0.825 bits per heavy atom. The lowest BCUT2D eigenvalue weighted by Crippen LogP contribution is -2.39. The average Bonchev–Trinajstić information content (AvgIpc) is 1.74. The number of esters is 6. The van der Waals surface area contributed by atoms with Crippen molar-refractivity contribution in [2.75, 3.05) is 6.61 Å². The molecule has 4 saturated carbocycles. The zero-order chi connectivity index (χ0) is 97.5. The van der Waals surface area contributed by atoms with Crippen molar-refractivity contribution in [1.29, 1.82) is 0 Å². The zero-order valence-electron chi connectivity index (χ0n) is 77.4. The minimum atomic E-state index is -1.21. The Kier molecular flexibility index (Phi) is 39.6. The van der Waals surface area contributed by atoms with Gasteiger partial charge in [0, 0.05) is 48.7 Å². The van der Waals surface area contributed by atoms with Crippen LogP contribution in [0.2, 0.25) is 0 Å². The Morgan fingerprint density at radius 1 is 0.401 bits per heavy atom. The Morgan fingerprint density at radius 3 is 1.31 bits per heavy atom. The van der Waals surface area contributed by atoms with Crippen LogP contribution >= 0.6 is 0 Å². The lowest BCUT2D eigenvalue weighted by molar-refractivity contribution is -0.155. The van der Waals surface area contributed by atoms with Crippen LogP contribution in [0.5, 0.6) is 0 Å². The summed E-state index contributed by atoms with van der Waals surface area (Å²) in [5.41, 5.74) is 5.18. The van der Waals surface area contributed by atoms with Crippen LogP contribution < -0.4 is 0 Å². The second kappa shape index (κ2) is 52.1. The Balaban J connectivity index is 0.000000158. The second-order valence-corrected chi connectivity index (χ2v) is 35.3. The van der Waals surface area contributed by atoms with Crippen LogP contribution in [0.25, 0.3) is 0 Å². The lowest BCUT2D eigenvalue weighted by atomic mass is 9.80. The summed E-state index contributed by atoms with van der Waals surface area (Å²) < 4.78 is 71.4. The summed E-state index contributed by atoms with van der Waals surface area (Å²) in [4.78, 5) is 94.6. The molecule has 0 spiro atoms. The molecule has 137 heavy (non-hydrogen) atoms. The van der Waals surface area contributed by atoms with E-state index in [4.69, 9.17) is 28.4 Å². The molecule has 4 aromatic heterocycles. The van der Waals surface area contributed by atoms with Gasteiger partial charge in [0.25, 0.3) is 0 Å². The van der Waals surface area contributed by atoms with Crippen LogP contribution in [0, 0.1) is 31.3 Å². The number of carbonyl (C=O) groups excluding carboxylic acids is 6. The summed E-state index contributed by atoms with van der Waals surface area (Å²) >= 11 is 0. The van der Waals surface area contributed by atoms with E-state index in [-0.39, 0.29) is 82.0 Å². The van der Waals surface area contributed by atoms with Gasteiger partial charge in [0.15, 0.2) is 12.4 Å². The first-order valence-electron chi connectivity index (χ1n) is 46.3. The van der Waals surface area contributed by atoms with Gasteiger partial charge in [-0.05, 0) is 202 Å². The normalized spacial score (nSPS) is 17.0. The maximum absolute atomic E-state index is 13.2. The molecule has 718 valence electrons.